The van der Waals surface area contributed by atoms with Crippen LogP contribution in [0.15, 0.2) is 42.5 Å². The Morgan fingerprint density at radius 3 is 2.48 bits per heavy atom. The number of benzene rings is 2. The van der Waals surface area contributed by atoms with Gasteiger partial charge in [0.1, 0.15) is 12.9 Å². The highest BCUT2D eigenvalue weighted by molar-refractivity contribution is 7.89. The van der Waals surface area contributed by atoms with E-state index in [-0.39, 0.29) is 23.6 Å². The van der Waals surface area contributed by atoms with Gasteiger partial charge in [0.05, 0.1) is 11.3 Å². The fraction of sp³-hybridized carbons (Fsp3) is 0.250. The first-order valence-electron chi connectivity index (χ1n) is 9.11. The molecule has 0 aliphatic carbocycles. The normalized spacial score (nSPS) is 13.0. The number of hydrogen-bond acceptors (Lipinski definition) is 4. The van der Waals surface area contributed by atoms with Gasteiger partial charge in [-0.1, -0.05) is 6.07 Å². The second-order valence-electron chi connectivity index (χ2n) is 6.51. The summed E-state index contributed by atoms with van der Waals surface area (Å²) in [4.78, 5) is 2.77. The highest BCUT2D eigenvalue weighted by Crippen LogP contribution is 2.34. The third kappa shape index (κ3) is 6.79. The quantitative estimate of drug-likeness (QED) is 0.356. The monoisotopic (exact) mass is 459 g/mol. The van der Waals surface area contributed by atoms with Crippen molar-refractivity contribution in [1.82, 2.24) is 4.72 Å². The number of hydrogen-bond donors (Lipinski definition) is 4. The molecule has 5 N–H and O–H groups in total. The van der Waals surface area contributed by atoms with Crippen LogP contribution >= 0.6 is 0 Å². The number of nitrogens with two attached hydrogens (primary N) is 1. The van der Waals surface area contributed by atoms with E-state index in [4.69, 9.17) is 5.73 Å². The second kappa shape index (κ2) is 9.92. The van der Waals surface area contributed by atoms with Crippen molar-refractivity contribution in [3.8, 4) is 11.1 Å². The highest BCUT2D eigenvalue weighted by atomic mass is 32.2. The number of halogens is 4. The molecule has 0 spiro atoms. The van der Waals surface area contributed by atoms with Gasteiger partial charge in [-0.2, -0.15) is 13.2 Å². The largest absolute Gasteiger partial charge is 0.416 e. The highest BCUT2D eigenvalue weighted by Gasteiger charge is 2.31. The van der Waals surface area contributed by atoms with Crippen LogP contribution in [0.4, 0.5) is 23.2 Å². The maximum atomic E-state index is 13.8. The zero-order valence-corrected chi connectivity index (χ0v) is 17.7. The molecule has 2 aromatic carbocycles. The molecule has 0 unspecified atom stereocenters. The number of sulfonamides is 1. The molecule has 0 aromatic heterocycles. The third-order valence-corrected chi connectivity index (χ3v) is 5.68. The molecule has 0 saturated carbocycles. The van der Waals surface area contributed by atoms with Gasteiger partial charge >= 0.3 is 6.18 Å². The van der Waals surface area contributed by atoms with Gasteiger partial charge in [0, 0.05) is 29.6 Å². The zero-order chi connectivity index (χ0) is 23.2. The molecule has 0 bridgehead atoms. The number of rotatable bonds is 8. The Bertz CT molecular complexity index is 1100. The van der Waals surface area contributed by atoms with Crippen molar-refractivity contribution in [3.63, 3.8) is 0 Å². The van der Waals surface area contributed by atoms with Crippen LogP contribution in [0.2, 0.25) is 0 Å². The van der Waals surface area contributed by atoms with Crippen LogP contribution in [0.5, 0.6) is 0 Å². The predicted molar refractivity (Wildman–Crippen MR) is 113 cm³/mol. The SMILES string of the molecule is CNS(=O)(=O)CCNc1ccc(-c2cc(F)cc(C(F)(F)F)c2)cc1/C(N)=C/C=[NH+]C. The summed E-state index contributed by atoms with van der Waals surface area (Å²) in [6.45, 7) is 0.0662. The summed E-state index contributed by atoms with van der Waals surface area (Å²) < 4.78 is 78.5. The van der Waals surface area contributed by atoms with Crippen LogP contribution in [-0.2, 0) is 16.2 Å². The van der Waals surface area contributed by atoms with Crippen LogP contribution in [0.25, 0.3) is 16.8 Å². The molecule has 168 valence electrons. The summed E-state index contributed by atoms with van der Waals surface area (Å²) >= 11 is 0. The van der Waals surface area contributed by atoms with E-state index < -0.39 is 27.6 Å². The fourth-order valence-corrected chi connectivity index (χ4v) is 3.30. The molecular formula is C20H23F4N4O2S+. The van der Waals surface area contributed by atoms with E-state index in [1.165, 1.54) is 19.2 Å². The molecule has 0 aliphatic heterocycles. The molecule has 0 radical (unpaired) electrons. The van der Waals surface area contributed by atoms with Gasteiger partial charge in [-0.15, -0.1) is 0 Å². The van der Waals surface area contributed by atoms with E-state index in [0.29, 0.717) is 22.9 Å². The average Bonchev–Trinajstić information content (AvgIpc) is 2.71. The molecule has 2 rings (SSSR count). The van der Waals surface area contributed by atoms with Crippen molar-refractivity contribution in [3.05, 3.63) is 59.4 Å². The summed E-state index contributed by atoms with van der Waals surface area (Å²) in [6, 6.07) is 6.85. The van der Waals surface area contributed by atoms with Crippen LogP contribution < -0.4 is 20.8 Å². The maximum Gasteiger partial charge on any atom is 0.416 e. The molecule has 0 fully saturated rings. The van der Waals surface area contributed by atoms with E-state index in [2.05, 4.69) is 15.0 Å². The number of nitrogens with one attached hydrogen (secondary N) is 3. The Hall–Kier alpha value is -2.92. The first-order valence-corrected chi connectivity index (χ1v) is 10.8. The molecule has 6 nitrogen and oxygen atoms in total. The van der Waals surface area contributed by atoms with Crippen molar-refractivity contribution in [1.29, 1.82) is 0 Å². The molecule has 0 atom stereocenters. The molecule has 31 heavy (non-hydrogen) atoms. The topological polar surface area (TPSA) is 98.2 Å². The Morgan fingerprint density at radius 1 is 1.16 bits per heavy atom. The standard InChI is InChI=1S/C20H22F4N4O2S/c1-26-6-5-18(25)17-11-13(3-4-19(17)28-7-8-31(29,30)27-2)14-9-15(20(22,23)24)12-16(21)10-14/h3-6,9-12,27-28H,7-8,25H2,1-2H3/p+1/b18-5-,26-6?. The van der Waals surface area contributed by atoms with E-state index in [1.54, 1.807) is 25.4 Å². The van der Waals surface area contributed by atoms with Crippen LogP contribution in [0.3, 0.4) is 0 Å². The van der Waals surface area contributed by atoms with Gasteiger partial charge in [-0.25, -0.2) is 17.5 Å². The van der Waals surface area contributed by atoms with Crippen molar-refractivity contribution in [2.45, 2.75) is 6.18 Å². The fourth-order valence-electron chi connectivity index (χ4n) is 2.72. The molecule has 11 heteroatoms. The van der Waals surface area contributed by atoms with Gasteiger partial charge in [0.15, 0.2) is 6.21 Å². The van der Waals surface area contributed by atoms with Crippen LogP contribution in [-0.4, -0.2) is 41.0 Å². The second-order valence-corrected chi connectivity index (χ2v) is 8.56. The van der Waals surface area contributed by atoms with Crippen molar-refractivity contribution >= 4 is 27.6 Å². The van der Waals surface area contributed by atoms with E-state index in [9.17, 15) is 26.0 Å². The summed E-state index contributed by atoms with van der Waals surface area (Å²) in [7, 11) is -0.471. The van der Waals surface area contributed by atoms with Crippen molar-refractivity contribution < 1.29 is 31.0 Å². The first-order chi connectivity index (χ1) is 14.5. The van der Waals surface area contributed by atoms with Gasteiger partial charge in [0.25, 0.3) is 0 Å². The Labute approximate surface area is 177 Å². The average molecular weight is 459 g/mol. The van der Waals surface area contributed by atoms with Crippen LogP contribution in [0.1, 0.15) is 11.1 Å². The molecular weight excluding hydrogens is 436 g/mol. The molecule has 0 saturated heterocycles. The van der Waals surface area contributed by atoms with Crippen molar-refractivity contribution in [2.75, 3.05) is 31.7 Å². The van der Waals surface area contributed by atoms with Crippen LogP contribution in [0, 0.1) is 5.82 Å². The summed E-state index contributed by atoms with van der Waals surface area (Å²) in [5.41, 5.74) is 6.51. The Kier molecular flexibility index (Phi) is 7.80. The van der Waals surface area contributed by atoms with Gasteiger partial charge < -0.3 is 11.1 Å². The molecule has 0 aliphatic rings. The van der Waals surface area contributed by atoms with E-state index in [0.717, 1.165) is 12.1 Å². The minimum absolute atomic E-state index is 0.0308. The first kappa shape index (κ1) is 24.4. The molecule has 0 amide bonds. The molecule has 0 heterocycles. The summed E-state index contributed by atoms with van der Waals surface area (Å²) in [6.07, 6.45) is -1.59. The lowest BCUT2D eigenvalue weighted by atomic mass is 9.98. The Balaban J connectivity index is 2.49. The minimum atomic E-state index is -4.69. The van der Waals surface area contributed by atoms with Gasteiger partial charge in [-0.05, 0) is 48.5 Å². The smallest absolute Gasteiger partial charge is 0.398 e. The zero-order valence-electron chi connectivity index (χ0n) is 16.8. The number of allylic oxidation sites excluding steroid dienone is 1. The minimum Gasteiger partial charge on any atom is -0.398 e. The summed E-state index contributed by atoms with van der Waals surface area (Å²) in [5, 5.41) is 2.96. The van der Waals surface area contributed by atoms with Crippen molar-refractivity contribution in [2.24, 2.45) is 5.73 Å². The Morgan fingerprint density at radius 2 is 1.87 bits per heavy atom. The number of alkyl halides is 3. The molecule has 2 aromatic rings. The maximum absolute atomic E-state index is 13.8. The number of anilines is 1. The lowest BCUT2D eigenvalue weighted by Crippen LogP contribution is -2.62. The van der Waals surface area contributed by atoms with Gasteiger partial charge in [0.2, 0.25) is 10.0 Å². The lowest BCUT2D eigenvalue weighted by Gasteiger charge is -2.15. The third-order valence-electron chi connectivity index (χ3n) is 4.32. The van der Waals surface area contributed by atoms with E-state index in [1.807, 2.05) is 0 Å². The van der Waals surface area contributed by atoms with Gasteiger partial charge in [-0.3, -0.25) is 4.99 Å². The summed E-state index contributed by atoms with van der Waals surface area (Å²) in [5.74, 6) is -1.21. The predicted octanol–water partition coefficient (Wildman–Crippen LogP) is 1.55. The lowest BCUT2D eigenvalue weighted by molar-refractivity contribution is -0.413. The van der Waals surface area contributed by atoms with E-state index >= 15 is 0 Å².